The van der Waals surface area contributed by atoms with Crippen LogP contribution in [-0.4, -0.2) is 9.97 Å². The van der Waals surface area contributed by atoms with E-state index in [0.717, 1.165) is 16.7 Å². The predicted molar refractivity (Wildman–Crippen MR) is 58.4 cm³/mol. The van der Waals surface area contributed by atoms with E-state index >= 15 is 0 Å². The zero-order valence-electron chi connectivity index (χ0n) is 8.78. The van der Waals surface area contributed by atoms with Crippen molar-refractivity contribution in [1.82, 2.24) is 9.97 Å². The maximum absolute atomic E-state index is 4.52. The highest BCUT2D eigenvalue weighted by Crippen LogP contribution is 2.17. The average molecular weight is 186 g/mol. The van der Waals surface area contributed by atoms with Crippen LogP contribution < -0.4 is 0 Å². The van der Waals surface area contributed by atoms with E-state index in [0.29, 0.717) is 5.92 Å². The van der Waals surface area contributed by atoms with Gasteiger partial charge in [0.2, 0.25) is 0 Å². The van der Waals surface area contributed by atoms with Crippen molar-refractivity contribution in [3.63, 3.8) is 0 Å². The smallest absolute Gasteiger partial charge is 0.131 e. The van der Waals surface area contributed by atoms with Gasteiger partial charge in [0.05, 0.1) is 5.52 Å². The van der Waals surface area contributed by atoms with Crippen LogP contribution in [0.2, 0.25) is 0 Å². The third-order valence-corrected chi connectivity index (χ3v) is 2.38. The third-order valence-electron chi connectivity index (χ3n) is 2.38. The summed E-state index contributed by atoms with van der Waals surface area (Å²) in [5.41, 5.74) is 2.28. The summed E-state index contributed by atoms with van der Waals surface area (Å²) in [6.45, 7) is 6.30. The Morgan fingerprint density at radius 3 is 2.71 bits per heavy atom. The van der Waals surface area contributed by atoms with Gasteiger partial charge in [-0.05, 0) is 18.6 Å². The van der Waals surface area contributed by atoms with E-state index in [1.807, 2.05) is 18.3 Å². The Bertz CT molecular complexity index is 461. The number of aryl methyl sites for hydroxylation is 1. The van der Waals surface area contributed by atoms with Gasteiger partial charge in [-0.25, -0.2) is 9.97 Å². The monoisotopic (exact) mass is 186 g/mol. The second-order valence-electron chi connectivity index (χ2n) is 3.89. The van der Waals surface area contributed by atoms with Gasteiger partial charge in [0, 0.05) is 17.5 Å². The highest BCUT2D eigenvalue weighted by molar-refractivity contribution is 5.80. The molecule has 2 heteroatoms. The molecule has 0 radical (unpaired) electrons. The minimum absolute atomic E-state index is 0.389. The summed E-state index contributed by atoms with van der Waals surface area (Å²) in [5.74, 6) is 1.31. The second kappa shape index (κ2) is 3.37. The van der Waals surface area contributed by atoms with Gasteiger partial charge in [0.25, 0.3) is 0 Å². The van der Waals surface area contributed by atoms with E-state index in [2.05, 4.69) is 36.8 Å². The van der Waals surface area contributed by atoms with E-state index in [4.69, 9.17) is 0 Å². The average Bonchev–Trinajstić information content (AvgIpc) is 2.17. The first kappa shape index (κ1) is 9.13. The van der Waals surface area contributed by atoms with Gasteiger partial charge in [0.1, 0.15) is 5.82 Å². The maximum atomic E-state index is 4.52. The number of hydrogen-bond acceptors (Lipinski definition) is 2. The third kappa shape index (κ3) is 1.48. The molecule has 0 aliphatic heterocycles. The molecule has 1 heterocycles. The van der Waals surface area contributed by atoms with E-state index in [9.17, 15) is 0 Å². The molecule has 0 spiro atoms. The van der Waals surface area contributed by atoms with Crippen LogP contribution in [0.4, 0.5) is 0 Å². The topological polar surface area (TPSA) is 25.8 Å². The Kier molecular flexibility index (Phi) is 2.20. The second-order valence-corrected chi connectivity index (χ2v) is 3.89. The molecular weight excluding hydrogens is 172 g/mol. The Hall–Kier alpha value is -1.44. The lowest BCUT2D eigenvalue weighted by atomic mass is 10.1. The van der Waals surface area contributed by atoms with Crippen LogP contribution in [0, 0.1) is 6.92 Å². The molecule has 0 unspecified atom stereocenters. The molecule has 0 bridgehead atoms. The van der Waals surface area contributed by atoms with Crippen molar-refractivity contribution in [3.8, 4) is 0 Å². The number of aromatic nitrogens is 2. The van der Waals surface area contributed by atoms with Crippen molar-refractivity contribution in [2.75, 3.05) is 0 Å². The van der Waals surface area contributed by atoms with Gasteiger partial charge >= 0.3 is 0 Å². The fraction of sp³-hybridized carbons (Fsp3) is 0.333. The van der Waals surface area contributed by atoms with E-state index < -0.39 is 0 Å². The first-order valence-corrected chi connectivity index (χ1v) is 4.91. The quantitative estimate of drug-likeness (QED) is 0.684. The maximum Gasteiger partial charge on any atom is 0.131 e. The Labute approximate surface area is 84.0 Å². The lowest BCUT2D eigenvalue weighted by Crippen LogP contribution is -1.97. The molecule has 0 aliphatic rings. The Morgan fingerprint density at radius 2 is 2.00 bits per heavy atom. The minimum atomic E-state index is 0.389. The van der Waals surface area contributed by atoms with Crippen molar-refractivity contribution in [3.05, 3.63) is 35.8 Å². The highest BCUT2D eigenvalue weighted by Gasteiger charge is 2.04. The molecule has 0 saturated heterocycles. The lowest BCUT2D eigenvalue weighted by Gasteiger charge is -2.05. The van der Waals surface area contributed by atoms with Crippen LogP contribution in [0.5, 0.6) is 0 Å². The summed E-state index contributed by atoms with van der Waals surface area (Å²) in [6.07, 6.45) is 1.92. The van der Waals surface area contributed by atoms with Gasteiger partial charge in [-0.2, -0.15) is 0 Å². The zero-order valence-corrected chi connectivity index (χ0v) is 8.78. The molecule has 1 aromatic heterocycles. The fourth-order valence-corrected chi connectivity index (χ4v) is 1.49. The number of nitrogens with zero attached hydrogens (tertiary/aromatic N) is 2. The minimum Gasteiger partial charge on any atom is -0.240 e. The zero-order chi connectivity index (χ0) is 10.1. The molecule has 0 atom stereocenters. The van der Waals surface area contributed by atoms with Gasteiger partial charge in [0.15, 0.2) is 0 Å². The first-order chi connectivity index (χ1) is 6.68. The molecule has 1 aromatic carbocycles. The number of fused-ring (bicyclic) bond motifs is 1. The number of benzene rings is 1. The summed E-state index contributed by atoms with van der Waals surface area (Å²) in [4.78, 5) is 8.88. The molecule has 2 nitrogen and oxygen atoms in total. The Balaban J connectivity index is 2.67. The molecule has 0 amide bonds. The summed E-state index contributed by atoms with van der Waals surface area (Å²) in [7, 11) is 0. The summed E-state index contributed by atoms with van der Waals surface area (Å²) in [5, 5.41) is 1.15. The number of hydrogen-bond donors (Lipinski definition) is 0. The van der Waals surface area contributed by atoms with Gasteiger partial charge < -0.3 is 0 Å². The highest BCUT2D eigenvalue weighted by atomic mass is 14.9. The van der Waals surface area contributed by atoms with E-state index in [-0.39, 0.29) is 0 Å². The normalized spacial score (nSPS) is 11.1. The van der Waals surface area contributed by atoms with Gasteiger partial charge in [-0.15, -0.1) is 0 Å². The predicted octanol–water partition coefficient (Wildman–Crippen LogP) is 3.06. The molecular formula is C12H14N2. The van der Waals surface area contributed by atoms with Crippen LogP contribution in [0.3, 0.4) is 0 Å². The lowest BCUT2D eigenvalue weighted by molar-refractivity contribution is 0.783. The molecule has 0 aliphatic carbocycles. The SMILES string of the molecule is Cc1cccc2nc(C(C)C)ncc12. The van der Waals surface area contributed by atoms with Crippen molar-refractivity contribution in [1.29, 1.82) is 0 Å². The van der Waals surface area contributed by atoms with Crippen LogP contribution in [-0.2, 0) is 0 Å². The van der Waals surface area contributed by atoms with Crippen LogP contribution in [0.15, 0.2) is 24.4 Å². The molecule has 0 saturated carbocycles. The molecule has 14 heavy (non-hydrogen) atoms. The summed E-state index contributed by atoms with van der Waals surface area (Å²) >= 11 is 0. The molecule has 0 N–H and O–H groups in total. The van der Waals surface area contributed by atoms with Crippen molar-refractivity contribution in [2.24, 2.45) is 0 Å². The first-order valence-electron chi connectivity index (χ1n) is 4.91. The fourth-order valence-electron chi connectivity index (χ4n) is 1.49. The van der Waals surface area contributed by atoms with Gasteiger partial charge in [-0.1, -0.05) is 26.0 Å². The molecule has 72 valence electrons. The summed E-state index contributed by atoms with van der Waals surface area (Å²) in [6, 6.07) is 6.16. The molecule has 2 aromatic rings. The standard InChI is InChI=1S/C12H14N2/c1-8(2)12-13-7-10-9(3)5-4-6-11(10)14-12/h4-8H,1-3H3. The van der Waals surface area contributed by atoms with Gasteiger partial charge in [-0.3, -0.25) is 0 Å². The van der Waals surface area contributed by atoms with Crippen molar-refractivity contribution < 1.29 is 0 Å². The van der Waals surface area contributed by atoms with Crippen LogP contribution >= 0.6 is 0 Å². The molecule has 2 rings (SSSR count). The van der Waals surface area contributed by atoms with Crippen molar-refractivity contribution >= 4 is 10.9 Å². The van der Waals surface area contributed by atoms with Crippen molar-refractivity contribution in [2.45, 2.75) is 26.7 Å². The van der Waals surface area contributed by atoms with Crippen LogP contribution in [0.1, 0.15) is 31.2 Å². The van der Waals surface area contributed by atoms with Crippen LogP contribution in [0.25, 0.3) is 10.9 Å². The van der Waals surface area contributed by atoms with E-state index in [1.54, 1.807) is 0 Å². The Morgan fingerprint density at radius 1 is 1.21 bits per heavy atom. The summed E-state index contributed by atoms with van der Waals surface area (Å²) < 4.78 is 0. The largest absolute Gasteiger partial charge is 0.240 e. The van der Waals surface area contributed by atoms with E-state index in [1.165, 1.54) is 5.56 Å². The number of rotatable bonds is 1. The molecule has 0 fully saturated rings.